The van der Waals surface area contributed by atoms with Crippen molar-refractivity contribution in [2.24, 2.45) is 56.0 Å². The van der Waals surface area contributed by atoms with Gasteiger partial charge in [-0.2, -0.15) is 25.3 Å². The molecule has 1 heterocycles. The normalized spacial score (nSPS) is 14.4. The van der Waals surface area contributed by atoms with Crippen LogP contribution in [0.25, 0.3) is 0 Å². The number of nitrogens with one attached hydrogen (secondary N) is 10. The minimum atomic E-state index is -1.46. The van der Waals surface area contributed by atoms with Gasteiger partial charge in [0.2, 0.25) is 53.2 Å². The van der Waals surface area contributed by atoms with Gasteiger partial charge in [-0.25, -0.2) is 9.78 Å². The van der Waals surface area contributed by atoms with Gasteiger partial charge in [-0.3, -0.25) is 53.1 Å². The molecule has 0 aliphatic carbocycles. The molecular formula is C54H92N20O13S2. The number of nitrogens with two attached hydrogens (primary N) is 7. The molecule has 1 aromatic carbocycles. The Bertz CT molecular complexity index is 2630. The van der Waals surface area contributed by atoms with E-state index in [0.717, 1.165) is 0 Å². The van der Waals surface area contributed by atoms with E-state index >= 15 is 0 Å². The van der Waals surface area contributed by atoms with Gasteiger partial charge in [0.05, 0.1) is 12.9 Å². The molecule has 2 aromatic rings. The van der Waals surface area contributed by atoms with E-state index in [1.807, 2.05) is 0 Å². The zero-order valence-corrected chi connectivity index (χ0v) is 51.9. The van der Waals surface area contributed by atoms with Crippen molar-refractivity contribution < 1.29 is 63.3 Å². The Hall–Kier alpha value is -7.99. The molecule has 0 unspecified atom stereocenters. The van der Waals surface area contributed by atoms with Gasteiger partial charge in [0.15, 0.2) is 11.9 Å². The minimum absolute atomic E-state index is 0.00237. The van der Waals surface area contributed by atoms with Crippen molar-refractivity contribution in [3.8, 4) is 5.75 Å². The van der Waals surface area contributed by atoms with Gasteiger partial charge in [0.25, 0.3) is 0 Å². The number of aliphatic carboxylic acids is 1. The summed E-state index contributed by atoms with van der Waals surface area (Å²) in [7, 11) is 0. The lowest BCUT2D eigenvalue weighted by molar-refractivity contribution is -0.142. The third kappa shape index (κ3) is 30.2. The van der Waals surface area contributed by atoms with Gasteiger partial charge in [-0.15, -0.1) is 0 Å². The maximum absolute atomic E-state index is 14.6. The van der Waals surface area contributed by atoms with Crippen molar-refractivity contribution in [1.82, 2.24) is 57.8 Å². The summed E-state index contributed by atoms with van der Waals surface area (Å²) < 4.78 is 0. The molecule has 0 bridgehead atoms. The number of hydrogen-bond acceptors (Lipinski definition) is 20. The van der Waals surface area contributed by atoms with E-state index in [0.29, 0.717) is 36.9 Å². The van der Waals surface area contributed by atoms with Gasteiger partial charge >= 0.3 is 5.97 Å². The molecule has 2 rings (SSSR count). The number of phenols is 1. The first-order chi connectivity index (χ1) is 42.3. The number of carbonyl (C=O) groups excluding carboxylic acids is 9. The van der Waals surface area contributed by atoms with Gasteiger partial charge in [0.1, 0.15) is 66.2 Å². The van der Waals surface area contributed by atoms with E-state index in [9.17, 15) is 63.3 Å². The number of imidazole rings is 1. The van der Waals surface area contributed by atoms with Crippen LogP contribution in [0.4, 0.5) is 0 Å². The van der Waals surface area contributed by atoms with Gasteiger partial charge in [-0.05, 0) is 107 Å². The first kappa shape index (κ1) is 77.1. The number of benzene rings is 1. The van der Waals surface area contributed by atoms with Crippen molar-refractivity contribution in [2.75, 3.05) is 44.3 Å². The van der Waals surface area contributed by atoms with Crippen LogP contribution in [-0.2, 0) is 60.8 Å². The van der Waals surface area contributed by atoms with Crippen LogP contribution in [0.15, 0.2) is 46.8 Å². The summed E-state index contributed by atoms with van der Waals surface area (Å²) in [4.78, 5) is 153. The molecule has 27 N–H and O–H groups in total. The summed E-state index contributed by atoms with van der Waals surface area (Å²) in [5.41, 5.74) is 39.9. The molecule has 0 fully saturated rings. The van der Waals surface area contributed by atoms with E-state index in [-0.39, 0.29) is 119 Å². The number of hydrogen-bond donors (Lipinski definition) is 22. The highest BCUT2D eigenvalue weighted by atomic mass is 32.1. The van der Waals surface area contributed by atoms with Crippen LogP contribution in [-0.4, -0.2) is 201 Å². The molecule has 0 saturated heterocycles. The van der Waals surface area contributed by atoms with Gasteiger partial charge in [-0.1, -0.05) is 26.0 Å². The molecule has 0 spiro atoms. The highest BCUT2D eigenvalue weighted by Crippen LogP contribution is 2.14. The molecule has 1 aromatic heterocycles. The first-order valence-corrected chi connectivity index (χ1v) is 30.3. The van der Waals surface area contributed by atoms with E-state index in [1.54, 1.807) is 13.8 Å². The Morgan fingerprint density at radius 2 is 0.899 bits per heavy atom. The fraction of sp³-hybridized carbons (Fsp3) is 0.611. The Balaban J connectivity index is 2.46. The number of carboxylic acid groups (broad SMARTS) is 1. The van der Waals surface area contributed by atoms with Gasteiger partial charge in [0, 0.05) is 49.3 Å². The van der Waals surface area contributed by atoms with Crippen LogP contribution >= 0.6 is 25.3 Å². The molecule has 89 heavy (non-hydrogen) atoms. The number of H-pyrrole nitrogens is 1. The molecule has 10 atom stereocenters. The third-order valence-corrected chi connectivity index (χ3v) is 14.2. The molecule has 0 radical (unpaired) electrons. The number of aliphatic hydroxyl groups is 1. The summed E-state index contributed by atoms with van der Waals surface area (Å²) in [6.07, 6.45) is 3.97. The lowest BCUT2D eigenvalue weighted by Gasteiger charge is -2.28. The smallest absolute Gasteiger partial charge is 0.326 e. The number of aromatic nitrogens is 2. The highest BCUT2D eigenvalue weighted by Gasteiger charge is 2.36. The molecule has 0 aliphatic heterocycles. The molecule has 0 aliphatic rings. The Morgan fingerprint density at radius 1 is 0.528 bits per heavy atom. The van der Waals surface area contributed by atoms with Crippen LogP contribution in [0, 0.1) is 5.92 Å². The molecule has 33 nitrogen and oxygen atoms in total. The average Bonchev–Trinajstić information content (AvgIpc) is 3.42. The van der Waals surface area contributed by atoms with Crippen molar-refractivity contribution in [2.45, 2.75) is 158 Å². The van der Waals surface area contributed by atoms with Crippen LogP contribution < -0.4 is 88.0 Å². The Labute approximate surface area is 527 Å². The molecule has 498 valence electrons. The second-order valence-corrected chi connectivity index (χ2v) is 22.0. The standard InChI is InChI=1S/C54H92N20O13S2/c1-29(2)21-38(71-51(85)42(27-89)74-45(79)35(10-4-6-18-56)67-48(82)39(70-43(77)33(57)25-75)22-30-13-15-32(76)16-14-30)47(81)72-40(23-31-24-62-28-65-31)49(83)68-34(9-3-5-17-55)44(78)66-36(11-7-19-63-53(58)59)46(80)73-41(26-88)50(84)69-37(52(86)87)12-8-20-64-54(60)61/h13-16,24,28-29,33-42,75-76,88-89H,3-12,17-23,25-27,55-57H2,1-2H3,(H,62,65)(H,66,78)(H,67,82)(H,68,83)(H,69,84)(H,70,77)(H,71,85)(H,72,81)(H,73,80)(H,74,79)(H,86,87)(H4,58,59,63)(H4,60,61,64)/t33-,34-,35-,36-,37-,38-,39-,40-,41-,42-/m0/s1. The number of amides is 9. The second-order valence-electron chi connectivity index (χ2n) is 21.3. The maximum atomic E-state index is 14.6. The molecule has 0 saturated carbocycles. The maximum Gasteiger partial charge on any atom is 0.326 e. The van der Waals surface area contributed by atoms with Crippen molar-refractivity contribution in [3.63, 3.8) is 0 Å². The zero-order chi connectivity index (χ0) is 66.6. The lowest BCUT2D eigenvalue weighted by atomic mass is 10.0. The van der Waals surface area contributed by atoms with Crippen LogP contribution in [0.3, 0.4) is 0 Å². The van der Waals surface area contributed by atoms with Crippen molar-refractivity contribution in [3.05, 3.63) is 48.0 Å². The number of aromatic hydroxyl groups is 1. The number of aliphatic imine (C=N–C) groups is 2. The number of aromatic amines is 1. The van der Waals surface area contributed by atoms with E-state index in [1.165, 1.54) is 36.8 Å². The van der Waals surface area contributed by atoms with Gasteiger partial charge < -0.3 is 108 Å². The third-order valence-electron chi connectivity index (χ3n) is 13.4. The largest absolute Gasteiger partial charge is 0.508 e. The van der Waals surface area contributed by atoms with Crippen molar-refractivity contribution in [1.29, 1.82) is 0 Å². The monoisotopic (exact) mass is 1290 g/mol. The Kier molecular flexibility index (Phi) is 36.4. The highest BCUT2D eigenvalue weighted by molar-refractivity contribution is 7.80. The minimum Gasteiger partial charge on any atom is -0.508 e. The van der Waals surface area contributed by atoms with Crippen molar-refractivity contribution >= 4 is 96.3 Å². The number of carboxylic acids is 1. The van der Waals surface area contributed by atoms with Crippen LogP contribution in [0.5, 0.6) is 5.75 Å². The second kappa shape index (κ2) is 42.0. The van der Waals surface area contributed by atoms with E-state index < -0.39 is 126 Å². The summed E-state index contributed by atoms with van der Waals surface area (Å²) in [5.74, 6) is -10.5. The molecule has 35 heteroatoms. The number of nitrogens with zero attached hydrogens (tertiary/aromatic N) is 3. The predicted octanol–water partition coefficient (Wildman–Crippen LogP) is -6.06. The SMILES string of the molecule is CC(C)C[C@H](NC(=O)[C@H](CS)NC(=O)[C@H](CCCCN)NC(=O)[C@H](Cc1ccc(O)cc1)NC(=O)[C@@H](N)CO)C(=O)N[C@@H](Cc1cnc[nH]1)C(=O)N[C@@H](CCCCN)C(=O)N[C@@H](CCCN=C(N)N)C(=O)N[C@@H](CS)C(=O)N[C@@H](CCCN=C(N)N)C(=O)O. The molecule has 9 amide bonds. The average molecular weight is 1290 g/mol. The number of thiol groups is 2. The Morgan fingerprint density at radius 3 is 1.30 bits per heavy atom. The van der Waals surface area contributed by atoms with E-state index in [2.05, 4.69) is 93.1 Å². The summed E-state index contributed by atoms with van der Waals surface area (Å²) in [5, 5.41) is 52.4. The number of phenolic OH excluding ortho intramolecular Hbond substituents is 1. The van der Waals surface area contributed by atoms with E-state index in [4.69, 9.17) is 40.1 Å². The quantitative estimate of drug-likeness (QED) is 0.0127. The predicted molar refractivity (Wildman–Crippen MR) is 337 cm³/mol. The number of aliphatic hydroxyl groups excluding tert-OH is 1. The fourth-order valence-corrected chi connectivity index (χ4v) is 9.10. The number of unbranched alkanes of at least 4 members (excludes halogenated alkanes) is 2. The summed E-state index contributed by atoms with van der Waals surface area (Å²) in [6, 6.07) is -8.08. The lowest BCUT2D eigenvalue weighted by Crippen LogP contribution is -2.61. The summed E-state index contributed by atoms with van der Waals surface area (Å²) >= 11 is 8.54. The van der Waals surface area contributed by atoms with Crippen LogP contribution in [0.1, 0.15) is 95.7 Å². The topological polar surface area (TPSA) is 575 Å². The number of guanidine groups is 2. The zero-order valence-electron chi connectivity index (χ0n) is 50.2. The first-order valence-electron chi connectivity index (χ1n) is 29.1. The number of rotatable bonds is 44. The fourth-order valence-electron chi connectivity index (χ4n) is 8.59. The van der Waals surface area contributed by atoms with Crippen LogP contribution in [0.2, 0.25) is 0 Å². The summed E-state index contributed by atoms with van der Waals surface area (Å²) in [6.45, 7) is 3.36. The molecular weight excluding hydrogens is 1200 g/mol. The number of carbonyl (C=O) groups is 10.